The molecule has 188 valence electrons. The number of rotatable bonds is 4. The summed E-state index contributed by atoms with van der Waals surface area (Å²) in [4.78, 5) is 37.5. The third-order valence-corrected chi connectivity index (χ3v) is 8.20. The van der Waals surface area contributed by atoms with Crippen LogP contribution in [0.1, 0.15) is 71.5 Å². The van der Waals surface area contributed by atoms with Crippen molar-refractivity contribution in [2.24, 2.45) is 11.8 Å². The molecule has 3 heterocycles. The minimum Gasteiger partial charge on any atom is -0.349 e. The van der Waals surface area contributed by atoms with Crippen molar-refractivity contribution in [2.75, 3.05) is 11.4 Å². The highest BCUT2D eigenvalue weighted by atomic mass is 16.2. The zero-order valence-electron chi connectivity index (χ0n) is 20.6. The molecule has 3 aromatic rings. The van der Waals surface area contributed by atoms with E-state index < -0.39 is 0 Å². The van der Waals surface area contributed by atoms with E-state index >= 15 is 0 Å². The van der Waals surface area contributed by atoms with Crippen molar-refractivity contribution in [3.8, 4) is 6.07 Å². The van der Waals surface area contributed by atoms with Gasteiger partial charge in [-0.3, -0.25) is 9.59 Å². The first-order valence-electron chi connectivity index (χ1n) is 13.1. The number of nitrogens with zero attached hydrogens (tertiary/aromatic N) is 3. The van der Waals surface area contributed by atoms with E-state index in [-0.39, 0.29) is 41.8 Å². The molecule has 0 unspecified atom stereocenters. The van der Waals surface area contributed by atoms with Gasteiger partial charge in [0.2, 0.25) is 5.91 Å². The number of anilines is 1. The number of nitrogens with one attached hydrogen (secondary N) is 3. The number of aromatic amines is 1. The van der Waals surface area contributed by atoms with Crippen molar-refractivity contribution >= 4 is 17.5 Å². The van der Waals surface area contributed by atoms with Crippen molar-refractivity contribution < 1.29 is 9.59 Å². The van der Waals surface area contributed by atoms with Crippen LogP contribution >= 0.6 is 0 Å². The number of benzene rings is 2. The van der Waals surface area contributed by atoms with Crippen molar-refractivity contribution in [1.82, 2.24) is 20.6 Å². The normalized spacial score (nSPS) is 26.6. The van der Waals surface area contributed by atoms with Gasteiger partial charge >= 0.3 is 0 Å². The Labute approximate surface area is 216 Å². The van der Waals surface area contributed by atoms with Gasteiger partial charge in [-0.2, -0.15) is 5.26 Å². The number of hydrogen-bond acceptors (Lipinski definition) is 5. The van der Waals surface area contributed by atoms with Crippen LogP contribution in [0, 0.1) is 23.2 Å². The lowest BCUT2D eigenvalue weighted by atomic mass is 9.78. The highest BCUT2D eigenvalue weighted by Gasteiger charge is 2.49. The van der Waals surface area contributed by atoms with Gasteiger partial charge in [-0.25, -0.2) is 4.98 Å². The SMILES string of the molecule is N#Cc1ccc(C(=O)N[C@@H]2CCCC[C@@H]2C(=O)N2c3ccccc3[C@@H]3NCC[C@H]3[C@@H]2c2ncc[nH]2)cc1. The fraction of sp³-hybridized carbons (Fsp3) is 0.379. The van der Waals surface area contributed by atoms with Gasteiger partial charge in [-0.1, -0.05) is 31.0 Å². The lowest BCUT2D eigenvalue weighted by Gasteiger charge is -2.45. The maximum atomic E-state index is 14.5. The second-order valence-electron chi connectivity index (χ2n) is 10.2. The minimum absolute atomic E-state index is 0.0454. The molecule has 1 saturated carbocycles. The van der Waals surface area contributed by atoms with Gasteiger partial charge in [0.05, 0.1) is 23.6 Å². The molecule has 2 fully saturated rings. The van der Waals surface area contributed by atoms with E-state index in [1.165, 1.54) is 0 Å². The number of fused-ring (bicyclic) bond motifs is 3. The number of hydrogen-bond donors (Lipinski definition) is 3. The fourth-order valence-corrected chi connectivity index (χ4v) is 6.46. The van der Waals surface area contributed by atoms with Crippen molar-refractivity contribution in [1.29, 1.82) is 5.26 Å². The summed E-state index contributed by atoms with van der Waals surface area (Å²) in [5.74, 6) is 0.517. The van der Waals surface area contributed by atoms with Crippen molar-refractivity contribution in [3.63, 3.8) is 0 Å². The first kappa shape index (κ1) is 23.4. The molecule has 3 aliphatic rings. The molecule has 3 N–H and O–H groups in total. The van der Waals surface area contributed by atoms with Crippen LogP contribution in [0.5, 0.6) is 0 Å². The summed E-state index contributed by atoms with van der Waals surface area (Å²) in [5, 5.41) is 15.9. The van der Waals surface area contributed by atoms with E-state index in [1.807, 2.05) is 29.3 Å². The van der Waals surface area contributed by atoms with Crippen LogP contribution in [0.2, 0.25) is 0 Å². The number of para-hydroxylation sites is 1. The molecule has 0 spiro atoms. The summed E-state index contributed by atoms with van der Waals surface area (Å²) in [6.45, 7) is 0.898. The van der Waals surface area contributed by atoms with Crippen LogP contribution in [-0.2, 0) is 4.79 Å². The molecule has 0 radical (unpaired) electrons. The second kappa shape index (κ2) is 9.83. The monoisotopic (exact) mass is 494 g/mol. The third kappa shape index (κ3) is 4.19. The summed E-state index contributed by atoms with van der Waals surface area (Å²) < 4.78 is 0. The van der Waals surface area contributed by atoms with Crippen molar-refractivity contribution in [2.45, 2.75) is 50.2 Å². The van der Waals surface area contributed by atoms with E-state index in [1.54, 1.807) is 30.5 Å². The largest absolute Gasteiger partial charge is 0.349 e. The molecule has 6 rings (SSSR count). The predicted molar refractivity (Wildman–Crippen MR) is 138 cm³/mol. The average molecular weight is 495 g/mol. The molecule has 8 nitrogen and oxygen atoms in total. The predicted octanol–water partition coefficient (Wildman–Crippen LogP) is 4.01. The Bertz CT molecular complexity index is 1330. The van der Waals surface area contributed by atoms with Gasteiger partial charge in [0.25, 0.3) is 5.91 Å². The Morgan fingerprint density at radius 3 is 2.65 bits per heavy atom. The highest BCUT2D eigenvalue weighted by Crippen LogP contribution is 2.51. The molecule has 8 heteroatoms. The molecule has 0 bridgehead atoms. The van der Waals surface area contributed by atoms with E-state index in [2.05, 4.69) is 32.7 Å². The molecular formula is C29H30N6O2. The highest BCUT2D eigenvalue weighted by molar-refractivity contribution is 5.99. The molecule has 37 heavy (non-hydrogen) atoms. The smallest absolute Gasteiger partial charge is 0.251 e. The number of carbonyl (C=O) groups is 2. The summed E-state index contributed by atoms with van der Waals surface area (Å²) >= 11 is 0. The van der Waals surface area contributed by atoms with Gasteiger partial charge in [0, 0.05) is 41.6 Å². The number of nitriles is 1. The number of imidazole rings is 1. The van der Waals surface area contributed by atoms with E-state index in [4.69, 9.17) is 5.26 Å². The molecule has 2 aliphatic heterocycles. The van der Waals surface area contributed by atoms with Crippen LogP contribution in [0.15, 0.2) is 60.9 Å². The Balaban J connectivity index is 1.33. The lowest BCUT2D eigenvalue weighted by molar-refractivity contribution is -0.125. The lowest BCUT2D eigenvalue weighted by Crippen LogP contribution is -2.53. The topological polar surface area (TPSA) is 114 Å². The van der Waals surface area contributed by atoms with E-state index in [0.717, 1.165) is 55.7 Å². The first-order valence-corrected chi connectivity index (χ1v) is 13.1. The summed E-state index contributed by atoms with van der Waals surface area (Å²) in [7, 11) is 0. The fourth-order valence-electron chi connectivity index (χ4n) is 6.46. The zero-order chi connectivity index (χ0) is 25.4. The Hall–Kier alpha value is -3.96. The third-order valence-electron chi connectivity index (χ3n) is 8.20. The van der Waals surface area contributed by atoms with Gasteiger partial charge < -0.3 is 20.5 Å². The summed E-state index contributed by atoms with van der Waals surface area (Å²) in [5.41, 5.74) is 3.07. The first-order chi connectivity index (χ1) is 18.2. The van der Waals surface area contributed by atoms with Crippen LogP contribution in [0.3, 0.4) is 0 Å². The number of aromatic nitrogens is 2. The van der Waals surface area contributed by atoms with Crippen LogP contribution in [-0.4, -0.2) is 34.4 Å². The van der Waals surface area contributed by atoms with Crippen molar-refractivity contribution in [3.05, 3.63) is 83.4 Å². The summed E-state index contributed by atoms with van der Waals surface area (Å²) in [6.07, 6.45) is 7.93. The maximum absolute atomic E-state index is 14.5. The number of amides is 2. The van der Waals surface area contributed by atoms with Gasteiger partial charge in [0.1, 0.15) is 5.82 Å². The van der Waals surface area contributed by atoms with Gasteiger partial charge in [-0.15, -0.1) is 0 Å². The Kier molecular flexibility index (Phi) is 6.23. The van der Waals surface area contributed by atoms with Gasteiger partial charge in [0.15, 0.2) is 0 Å². The minimum atomic E-state index is -0.326. The average Bonchev–Trinajstić information content (AvgIpc) is 3.65. The molecule has 5 atom stereocenters. The Morgan fingerprint density at radius 1 is 1.05 bits per heavy atom. The van der Waals surface area contributed by atoms with Gasteiger partial charge in [-0.05, 0) is 61.7 Å². The number of carbonyl (C=O) groups excluding carboxylic acids is 2. The van der Waals surface area contributed by atoms with Crippen LogP contribution in [0.4, 0.5) is 5.69 Å². The van der Waals surface area contributed by atoms with E-state index in [9.17, 15) is 9.59 Å². The molecule has 1 aromatic heterocycles. The maximum Gasteiger partial charge on any atom is 0.251 e. The quantitative estimate of drug-likeness (QED) is 0.507. The van der Waals surface area contributed by atoms with Crippen LogP contribution in [0.25, 0.3) is 0 Å². The molecule has 2 amide bonds. The Morgan fingerprint density at radius 2 is 1.86 bits per heavy atom. The zero-order valence-corrected chi connectivity index (χ0v) is 20.6. The standard InChI is InChI=1S/C29H30N6O2/c30-17-18-9-11-19(12-10-18)28(36)34-23-7-3-1-5-20(23)29(37)35-24-8-4-2-6-21(24)25-22(13-14-31-25)26(35)27-32-15-16-33-27/h2,4,6,8-12,15-16,20,22-23,25-26,31H,1,3,5,7,13-14H2,(H,32,33)(H,34,36)/t20-,22+,23+,25-,26+/m0/s1. The summed E-state index contributed by atoms with van der Waals surface area (Å²) in [6, 6.07) is 16.6. The molecular weight excluding hydrogens is 464 g/mol. The second-order valence-corrected chi connectivity index (χ2v) is 10.2. The van der Waals surface area contributed by atoms with Crippen LogP contribution < -0.4 is 15.5 Å². The molecule has 1 saturated heterocycles. The van der Waals surface area contributed by atoms with E-state index in [0.29, 0.717) is 11.1 Å². The molecule has 2 aromatic carbocycles. The number of H-pyrrole nitrogens is 1. The molecule has 1 aliphatic carbocycles.